The molecule has 278 valence electrons. The largest absolute Gasteiger partial charge is 0.228 e. The van der Waals surface area contributed by atoms with E-state index < -0.39 is 0 Å². The molecule has 11 aromatic rings. The van der Waals surface area contributed by atoms with Gasteiger partial charge in [0.1, 0.15) is 0 Å². The van der Waals surface area contributed by atoms with E-state index >= 15 is 0 Å². The van der Waals surface area contributed by atoms with Gasteiger partial charge in [0.25, 0.3) is 0 Å². The van der Waals surface area contributed by atoms with E-state index in [2.05, 4.69) is 190 Å². The molecule has 0 unspecified atom stereocenters. The Kier molecular flexibility index (Phi) is 7.65. The first kappa shape index (κ1) is 34.3. The lowest BCUT2D eigenvalue weighted by molar-refractivity contribution is 0.660. The summed E-state index contributed by atoms with van der Waals surface area (Å²) in [6.07, 6.45) is 0. The number of aromatic nitrogens is 2. The second kappa shape index (κ2) is 13.2. The molecule has 0 saturated heterocycles. The normalized spacial score (nSPS) is 13.1. The highest BCUT2D eigenvalue weighted by molar-refractivity contribution is 7.26. The summed E-state index contributed by atoms with van der Waals surface area (Å²) >= 11 is 3.71. The van der Waals surface area contributed by atoms with Gasteiger partial charge in [-0.15, -0.1) is 22.7 Å². The SMILES string of the molecule is CC1(C)c2ccccc2-c2ccc(-c3cc(-c4cc(-c5ccc6sc7ccccc7c6c5)ccc4-c4ccc5sc6ccccc6c5c4)nc(-c4ccccc4)n3)cc21. The molecule has 0 N–H and O–H groups in total. The fourth-order valence-electron chi connectivity index (χ4n) is 9.30. The maximum atomic E-state index is 5.43. The van der Waals surface area contributed by atoms with Crippen LogP contribution in [-0.4, -0.2) is 9.97 Å². The van der Waals surface area contributed by atoms with Gasteiger partial charge in [0, 0.05) is 62.4 Å². The molecule has 0 spiro atoms. The Balaban J connectivity index is 1.09. The standard InChI is InChI=1S/C55H36N2S2/c1-55(2)46-17-9-6-14-39(46)40-25-21-37(31-47(40)55)48-32-49(57-54(56-48)33-12-4-3-5-13-33)43-28-34(35-22-26-52-44(29-35)41-15-7-10-18-50(41)58-52)20-24-38(43)36-23-27-53-45(30-36)42-16-8-11-19-51(42)59-53/h3-32H,1-2H3. The maximum Gasteiger partial charge on any atom is 0.160 e. The molecule has 0 fully saturated rings. The summed E-state index contributed by atoms with van der Waals surface area (Å²) in [5, 5.41) is 5.17. The summed E-state index contributed by atoms with van der Waals surface area (Å²) in [5.41, 5.74) is 14.8. The molecule has 8 aromatic carbocycles. The van der Waals surface area contributed by atoms with E-state index in [1.165, 1.54) is 73.7 Å². The van der Waals surface area contributed by atoms with E-state index in [4.69, 9.17) is 9.97 Å². The topological polar surface area (TPSA) is 25.8 Å². The predicted molar refractivity (Wildman–Crippen MR) is 253 cm³/mol. The molecule has 4 heteroatoms. The van der Waals surface area contributed by atoms with Crippen molar-refractivity contribution in [3.63, 3.8) is 0 Å². The fourth-order valence-corrected chi connectivity index (χ4v) is 11.5. The van der Waals surface area contributed by atoms with Gasteiger partial charge in [-0.3, -0.25) is 0 Å². The van der Waals surface area contributed by atoms with Crippen LogP contribution in [0.4, 0.5) is 0 Å². The highest BCUT2D eigenvalue weighted by Crippen LogP contribution is 2.50. The van der Waals surface area contributed by atoms with Gasteiger partial charge >= 0.3 is 0 Å². The number of thiophene rings is 2. The summed E-state index contributed by atoms with van der Waals surface area (Å²) in [6, 6.07) is 66.6. The van der Waals surface area contributed by atoms with E-state index in [0.717, 1.165) is 39.2 Å². The van der Waals surface area contributed by atoms with Crippen LogP contribution in [0.25, 0.3) is 108 Å². The maximum absolute atomic E-state index is 5.43. The summed E-state index contributed by atoms with van der Waals surface area (Å²) in [5.74, 6) is 0.711. The molecule has 0 aliphatic heterocycles. The first-order chi connectivity index (χ1) is 29.0. The highest BCUT2D eigenvalue weighted by atomic mass is 32.1. The van der Waals surface area contributed by atoms with Gasteiger partial charge in [0.2, 0.25) is 0 Å². The minimum Gasteiger partial charge on any atom is -0.228 e. The zero-order valence-electron chi connectivity index (χ0n) is 32.5. The quantitative estimate of drug-likeness (QED) is 0.174. The minimum absolute atomic E-state index is 0.124. The molecule has 1 aliphatic rings. The van der Waals surface area contributed by atoms with E-state index in [1.54, 1.807) is 0 Å². The van der Waals surface area contributed by atoms with Crippen molar-refractivity contribution < 1.29 is 0 Å². The van der Waals surface area contributed by atoms with Crippen molar-refractivity contribution in [2.24, 2.45) is 0 Å². The van der Waals surface area contributed by atoms with Crippen molar-refractivity contribution in [2.45, 2.75) is 19.3 Å². The Bertz CT molecular complexity index is 3480. The van der Waals surface area contributed by atoms with E-state index in [1.807, 2.05) is 28.7 Å². The lowest BCUT2D eigenvalue weighted by Gasteiger charge is -2.22. The fraction of sp³-hybridized carbons (Fsp3) is 0.0545. The number of fused-ring (bicyclic) bond motifs is 9. The summed E-state index contributed by atoms with van der Waals surface area (Å²) in [4.78, 5) is 10.8. The minimum atomic E-state index is -0.124. The summed E-state index contributed by atoms with van der Waals surface area (Å²) < 4.78 is 5.21. The Morgan fingerprint density at radius 1 is 0.339 bits per heavy atom. The molecule has 3 heterocycles. The van der Waals surface area contributed by atoms with Gasteiger partial charge in [0.15, 0.2) is 5.82 Å². The molecule has 0 amide bonds. The van der Waals surface area contributed by atoms with Crippen LogP contribution in [0, 0.1) is 0 Å². The second-order valence-electron chi connectivity index (χ2n) is 16.1. The average molecular weight is 789 g/mol. The third-order valence-electron chi connectivity index (χ3n) is 12.3. The molecular weight excluding hydrogens is 753 g/mol. The number of hydrogen-bond acceptors (Lipinski definition) is 4. The summed E-state index contributed by atoms with van der Waals surface area (Å²) in [7, 11) is 0. The van der Waals surface area contributed by atoms with Gasteiger partial charge in [0.05, 0.1) is 11.4 Å². The smallest absolute Gasteiger partial charge is 0.160 e. The number of nitrogens with zero attached hydrogens (tertiary/aromatic N) is 2. The van der Waals surface area contributed by atoms with Crippen LogP contribution < -0.4 is 0 Å². The van der Waals surface area contributed by atoms with E-state index in [-0.39, 0.29) is 5.41 Å². The van der Waals surface area contributed by atoms with Gasteiger partial charge in [-0.25, -0.2) is 9.97 Å². The molecule has 0 bridgehead atoms. The first-order valence-electron chi connectivity index (χ1n) is 20.1. The number of benzene rings is 8. The van der Waals surface area contributed by atoms with Crippen molar-refractivity contribution in [2.75, 3.05) is 0 Å². The number of hydrogen-bond donors (Lipinski definition) is 0. The van der Waals surface area contributed by atoms with E-state index in [0.29, 0.717) is 5.82 Å². The van der Waals surface area contributed by atoms with Gasteiger partial charge in [-0.05, 0) is 99.1 Å². The third kappa shape index (κ3) is 5.51. The van der Waals surface area contributed by atoms with Crippen molar-refractivity contribution in [3.8, 4) is 67.3 Å². The van der Waals surface area contributed by atoms with E-state index in [9.17, 15) is 0 Å². The Labute approximate surface area is 350 Å². The average Bonchev–Trinajstić information content (AvgIpc) is 3.93. The van der Waals surface area contributed by atoms with Crippen molar-refractivity contribution in [1.29, 1.82) is 0 Å². The third-order valence-corrected chi connectivity index (χ3v) is 14.6. The Morgan fingerprint density at radius 3 is 1.64 bits per heavy atom. The van der Waals surface area contributed by atoms with Crippen LogP contribution in [0.3, 0.4) is 0 Å². The molecule has 59 heavy (non-hydrogen) atoms. The van der Waals surface area contributed by atoms with Crippen molar-refractivity contribution >= 4 is 63.0 Å². The molecule has 2 nitrogen and oxygen atoms in total. The predicted octanol–water partition coefficient (Wildman–Crippen LogP) is 15.9. The molecule has 0 radical (unpaired) electrons. The molecule has 1 aliphatic carbocycles. The van der Waals surface area contributed by atoms with Gasteiger partial charge in [-0.1, -0.05) is 141 Å². The van der Waals surface area contributed by atoms with Gasteiger partial charge < -0.3 is 0 Å². The van der Waals surface area contributed by atoms with Crippen LogP contribution in [0.5, 0.6) is 0 Å². The highest BCUT2D eigenvalue weighted by Gasteiger charge is 2.35. The zero-order valence-corrected chi connectivity index (χ0v) is 34.2. The molecular formula is C55H36N2S2. The van der Waals surface area contributed by atoms with Crippen molar-refractivity contribution in [1.82, 2.24) is 9.97 Å². The van der Waals surface area contributed by atoms with Crippen LogP contribution in [0.1, 0.15) is 25.0 Å². The Morgan fingerprint density at radius 2 is 0.881 bits per heavy atom. The molecule has 0 atom stereocenters. The molecule has 3 aromatic heterocycles. The lowest BCUT2D eigenvalue weighted by atomic mass is 9.82. The van der Waals surface area contributed by atoms with Crippen LogP contribution >= 0.6 is 22.7 Å². The Hall–Kier alpha value is -6.72. The summed E-state index contributed by atoms with van der Waals surface area (Å²) in [6.45, 7) is 4.67. The van der Waals surface area contributed by atoms with Crippen molar-refractivity contribution in [3.05, 3.63) is 193 Å². The van der Waals surface area contributed by atoms with Crippen LogP contribution in [0.15, 0.2) is 182 Å². The van der Waals surface area contributed by atoms with Crippen LogP contribution in [-0.2, 0) is 5.41 Å². The van der Waals surface area contributed by atoms with Gasteiger partial charge in [-0.2, -0.15) is 0 Å². The molecule has 12 rings (SSSR count). The second-order valence-corrected chi connectivity index (χ2v) is 18.3. The first-order valence-corrected chi connectivity index (χ1v) is 21.8. The monoisotopic (exact) mass is 788 g/mol. The number of rotatable bonds is 5. The lowest BCUT2D eigenvalue weighted by Crippen LogP contribution is -2.14. The zero-order chi connectivity index (χ0) is 39.2. The van der Waals surface area contributed by atoms with Crippen LogP contribution in [0.2, 0.25) is 0 Å². The molecule has 0 saturated carbocycles.